The minimum atomic E-state index is -0.360. The highest BCUT2D eigenvalue weighted by atomic mass is 35.5. The molecule has 0 aliphatic heterocycles. The summed E-state index contributed by atoms with van der Waals surface area (Å²) < 4.78 is 0. The minimum absolute atomic E-state index is 0.273. The van der Waals surface area contributed by atoms with Crippen LogP contribution in [0.4, 0.5) is 5.69 Å². The molecule has 2 aromatic carbocycles. The quantitative estimate of drug-likeness (QED) is 0.797. The molecule has 4 nitrogen and oxygen atoms in total. The predicted octanol–water partition coefficient (Wildman–Crippen LogP) is 4.16. The summed E-state index contributed by atoms with van der Waals surface area (Å²) in [5.41, 5.74) is 1.23. The van der Waals surface area contributed by atoms with Crippen molar-refractivity contribution in [1.29, 1.82) is 0 Å². The summed E-state index contributed by atoms with van der Waals surface area (Å²) in [7, 11) is 0. The molecule has 6 heteroatoms. The second kappa shape index (κ2) is 7.81. The van der Waals surface area contributed by atoms with Crippen molar-refractivity contribution >= 4 is 40.7 Å². The molecule has 0 bridgehead atoms. The minimum Gasteiger partial charge on any atom is -0.349 e. The Balaban J connectivity index is 2.16. The molecule has 0 saturated carbocycles. The molecular formula is C17H14Cl2N2O2. The molecule has 0 heterocycles. The number of carbonyl (C=O) groups excluding carboxylic acids is 2. The first-order chi connectivity index (χ1) is 11.0. The summed E-state index contributed by atoms with van der Waals surface area (Å²) >= 11 is 11.8. The number of amides is 2. The van der Waals surface area contributed by atoms with Crippen LogP contribution in [0.2, 0.25) is 10.0 Å². The molecule has 2 aromatic rings. The van der Waals surface area contributed by atoms with Crippen molar-refractivity contribution in [2.24, 2.45) is 0 Å². The van der Waals surface area contributed by atoms with Gasteiger partial charge in [-0.1, -0.05) is 35.3 Å². The molecule has 118 valence electrons. The number of nitrogens with one attached hydrogen (secondary N) is 2. The number of halogens is 2. The summed E-state index contributed by atoms with van der Waals surface area (Å²) in [6.07, 6.45) is 1.58. The van der Waals surface area contributed by atoms with Gasteiger partial charge < -0.3 is 10.6 Å². The third-order valence-corrected chi connectivity index (χ3v) is 3.35. The maximum Gasteiger partial charge on any atom is 0.255 e. The van der Waals surface area contributed by atoms with Crippen molar-refractivity contribution in [2.75, 3.05) is 11.9 Å². The maximum atomic E-state index is 12.3. The average molecular weight is 349 g/mol. The van der Waals surface area contributed by atoms with Crippen LogP contribution in [-0.2, 0) is 0 Å². The molecule has 0 unspecified atom stereocenters. The number of hydrogen-bond acceptors (Lipinski definition) is 2. The van der Waals surface area contributed by atoms with Crippen LogP contribution in [0.5, 0.6) is 0 Å². The topological polar surface area (TPSA) is 58.2 Å². The van der Waals surface area contributed by atoms with E-state index in [-0.39, 0.29) is 11.8 Å². The highest BCUT2D eigenvalue weighted by molar-refractivity contribution is 6.35. The van der Waals surface area contributed by atoms with E-state index >= 15 is 0 Å². The van der Waals surface area contributed by atoms with Crippen molar-refractivity contribution in [1.82, 2.24) is 5.32 Å². The van der Waals surface area contributed by atoms with Gasteiger partial charge in [-0.2, -0.15) is 0 Å². The first-order valence-corrected chi connectivity index (χ1v) is 7.52. The number of benzene rings is 2. The largest absolute Gasteiger partial charge is 0.349 e. The van der Waals surface area contributed by atoms with Gasteiger partial charge in [-0.05, 0) is 36.4 Å². The standard InChI is InChI=1S/C17H14Cl2N2O2/c1-2-6-20-16(22)11-4-3-5-12(7-11)17(23)21-15-9-13(18)8-14(19)10-15/h2-5,7-10H,1,6H2,(H,20,22)(H,21,23). The molecule has 0 radical (unpaired) electrons. The smallest absolute Gasteiger partial charge is 0.255 e. The average Bonchev–Trinajstić information content (AvgIpc) is 2.51. The third-order valence-electron chi connectivity index (χ3n) is 2.91. The third kappa shape index (κ3) is 4.84. The van der Waals surface area contributed by atoms with E-state index in [1.165, 1.54) is 6.07 Å². The molecule has 0 fully saturated rings. The Hall–Kier alpha value is -2.30. The van der Waals surface area contributed by atoms with Crippen LogP contribution in [0.1, 0.15) is 20.7 Å². The van der Waals surface area contributed by atoms with Crippen LogP contribution in [0.3, 0.4) is 0 Å². The van der Waals surface area contributed by atoms with Gasteiger partial charge >= 0.3 is 0 Å². The Morgan fingerprint density at radius 2 is 1.61 bits per heavy atom. The molecule has 2 rings (SSSR count). The second-order valence-electron chi connectivity index (χ2n) is 4.69. The summed E-state index contributed by atoms with van der Waals surface area (Å²) in [4.78, 5) is 24.2. The fourth-order valence-corrected chi connectivity index (χ4v) is 2.42. The zero-order valence-electron chi connectivity index (χ0n) is 12.1. The van der Waals surface area contributed by atoms with E-state index in [9.17, 15) is 9.59 Å². The van der Waals surface area contributed by atoms with Crippen LogP contribution in [0.25, 0.3) is 0 Å². The van der Waals surface area contributed by atoms with Crippen LogP contribution in [0, 0.1) is 0 Å². The number of carbonyl (C=O) groups is 2. The lowest BCUT2D eigenvalue weighted by atomic mass is 10.1. The Bertz CT molecular complexity index is 740. The van der Waals surface area contributed by atoms with Gasteiger partial charge in [0, 0.05) is 33.4 Å². The van der Waals surface area contributed by atoms with E-state index < -0.39 is 0 Å². The van der Waals surface area contributed by atoms with Crippen molar-refractivity contribution in [2.45, 2.75) is 0 Å². The lowest BCUT2D eigenvalue weighted by Crippen LogP contribution is -2.23. The normalized spacial score (nSPS) is 10.0. The van der Waals surface area contributed by atoms with Crippen LogP contribution >= 0.6 is 23.2 Å². The van der Waals surface area contributed by atoms with Crippen molar-refractivity contribution in [3.63, 3.8) is 0 Å². The van der Waals surface area contributed by atoms with Crippen molar-refractivity contribution in [3.8, 4) is 0 Å². The van der Waals surface area contributed by atoms with E-state index in [1.807, 2.05) is 0 Å². The maximum absolute atomic E-state index is 12.3. The van der Waals surface area contributed by atoms with Crippen LogP contribution < -0.4 is 10.6 Å². The van der Waals surface area contributed by atoms with E-state index in [0.717, 1.165) is 0 Å². The Morgan fingerprint density at radius 3 is 2.22 bits per heavy atom. The van der Waals surface area contributed by atoms with E-state index in [2.05, 4.69) is 17.2 Å². The second-order valence-corrected chi connectivity index (χ2v) is 5.56. The number of anilines is 1. The van der Waals surface area contributed by atoms with Gasteiger partial charge in [-0.25, -0.2) is 0 Å². The summed E-state index contributed by atoms with van der Waals surface area (Å²) in [6.45, 7) is 3.89. The van der Waals surface area contributed by atoms with Gasteiger partial charge in [0.2, 0.25) is 0 Å². The molecule has 0 atom stereocenters. The van der Waals surface area contributed by atoms with E-state index in [0.29, 0.717) is 33.4 Å². The highest BCUT2D eigenvalue weighted by Gasteiger charge is 2.11. The van der Waals surface area contributed by atoms with Gasteiger partial charge in [-0.15, -0.1) is 6.58 Å². The summed E-state index contributed by atoms with van der Waals surface area (Å²) in [6, 6.07) is 11.2. The lowest BCUT2D eigenvalue weighted by molar-refractivity contribution is 0.0958. The molecule has 23 heavy (non-hydrogen) atoms. The molecule has 2 amide bonds. The van der Waals surface area contributed by atoms with E-state index in [4.69, 9.17) is 23.2 Å². The van der Waals surface area contributed by atoms with Gasteiger partial charge in [0.15, 0.2) is 0 Å². The van der Waals surface area contributed by atoms with Crippen molar-refractivity contribution < 1.29 is 9.59 Å². The van der Waals surface area contributed by atoms with Crippen LogP contribution in [0.15, 0.2) is 55.1 Å². The molecule has 0 aliphatic carbocycles. The lowest BCUT2D eigenvalue weighted by Gasteiger charge is -2.08. The highest BCUT2D eigenvalue weighted by Crippen LogP contribution is 2.23. The zero-order chi connectivity index (χ0) is 16.8. The van der Waals surface area contributed by atoms with Crippen LogP contribution in [-0.4, -0.2) is 18.4 Å². The number of hydrogen-bond donors (Lipinski definition) is 2. The first-order valence-electron chi connectivity index (χ1n) is 6.76. The van der Waals surface area contributed by atoms with Gasteiger partial charge in [0.05, 0.1) is 0 Å². The van der Waals surface area contributed by atoms with E-state index in [1.54, 1.807) is 42.5 Å². The zero-order valence-corrected chi connectivity index (χ0v) is 13.6. The fourth-order valence-electron chi connectivity index (χ4n) is 1.90. The Morgan fingerprint density at radius 1 is 1.00 bits per heavy atom. The predicted molar refractivity (Wildman–Crippen MR) is 93.4 cm³/mol. The molecular weight excluding hydrogens is 335 g/mol. The molecule has 0 spiro atoms. The monoisotopic (exact) mass is 348 g/mol. The Kier molecular flexibility index (Phi) is 5.79. The van der Waals surface area contributed by atoms with Gasteiger partial charge in [0.25, 0.3) is 11.8 Å². The molecule has 2 N–H and O–H groups in total. The molecule has 0 aromatic heterocycles. The molecule has 0 saturated heterocycles. The SMILES string of the molecule is C=CCNC(=O)c1cccc(C(=O)Nc2cc(Cl)cc(Cl)c2)c1. The van der Waals surface area contributed by atoms with Crippen molar-refractivity contribution in [3.05, 3.63) is 76.3 Å². The Labute approximate surface area is 144 Å². The summed E-state index contributed by atoms with van der Waals surface area (Å²) in [5.74, 6) is -0.632. The summed E-state index contributed by atoms with van der Waals surface area (Å²) in [5, 5.41) is 6.19. The first kappa shape index (κ1) is 17.1. The fraction of sp³-hybridized carbons (Fsp3) is 0.0588. The van der Waals surface area contributed by atoms with Gasteiger partial charge in [0.1, 0.15) is 0 Å². The van der Waals surface area contributed by atoms with Gasteiger partial charge in [-0.3, -0.25) is 9.59 Å². The molecule has 0 aliphatic rings. The number of rotatable bonds is 5.